The molecule has 3 aromatic rings. The Hall–Kier alpha value is -2.27. The summed E-state index contributed by atoms with van der Waals surface area (Å²) in [5, 5.41) is 8.81. The van der Waals surface area contributed by atoms with Crippen molar-refractivity contribution in [2.24, 2.45) is 0 Å². The van der Waals surface area contributed by atoms with E-state index in [0.717, 1.165) is 27.9 Å². The molecule has 0 unspecified atom stereocenters. The molecule has 1 amide bonds. The van der Waals surface area contributed by atoms with Crippen molar-refractivity contribution in [3.8, 4) is 0 Å². The number of aromatic nitrogens is 2. The van der Waals surface area contributed by atoms with Crippen LogP contribution in [0.4, 0.5) is 0 Å². The van der Waals surface area contributed by atoms with E-state index < -0.39 is 0 Å². The molecule has 0 saturated carbocycles. The van der Waals surface area contributed by atoms with Crippen LogP contribution in [-0.4, -0.2) is 22.2 Å². The Morgan fingerprint density at radius 3 is 2.67 bits per heavy atom. The van der Waals surface area contributed by atoms with E-state index in [2.05, 4.69) is 10.4 Å². The largest absolute Gasteiger partial charge is 0.451 e. The summed E-state index contributed by atoms with van der Waals surface area (Å²) in [5.74, 6) is 0.110. The monoisotopic (exact) mass is 345 g/mol. The number of rotatable bonds is 4. The molecule has 0 atom stereocenters. The van der Waals surface area contributed by atoms with Crippen molar-refractivity contribution in [1.29, 1.82) is 0 Å². The number of hydrogen-bond donors (Lipinski definition) is 1. The fraction of sp³-hybridized carbons (Fsp3) is 0.333. The Balaban J connectivity index is 1.74. The van der Waals surface area contributed by atoms with Gasteiger partial charge >= 0.3 is 0 Å². The minimum atomic E-state index is -0.223. The first kappa shape index (κ1) is 16.6. The lowest BCUT2D eigenvalue weighted by Gasteiger charge is -2.06. The van der Waals surface area contributed by atoms with Gasteiger partial charge in [-0.15, -0.1) is 0 Å². The number of hydrogen-bond acceptors (Lipinski definition) is 3. The van der Waals surface area contributed by atoms with E-state index in [9.17, 15) is 4.79 Å². The maximum atomic E-state index is 12.4. The van der Waals surface area contributed by atoms with Crippen LogP contribution >= 0.6 is 11.6 Å². The number of benzene rings is 1. The van der Waals surface area contributed by atoms with Crippen molar-refractivity contribution in [2.75, 3.05) is 6.54 Å². The van der Waals surface area contributed by atoms with Crippen molar-refractivity contribution in [2.45, 2.75) is 34.2 Å². The van der Waals surface area contributed by atoms with Crippen LogP contribution in [0.2, 0.25) is 5.02 Å². The summed E-state index contributed by atoms with van der Waals surface area (Å²) in [6.07, 6.45) is 0. The van der Waals surface area contributed by atoms with E-state index in [1.165, 1.54) is 0 Å². The highest BCUT2D eigenvalue weighted by Gasteiger charge is 2.18. The molecule has 6 heteroatoms. The first-order valence-electron chi connectivity index (χ1n) is 7.85. The van der Waals surface area contributed by atoms with Gasteiger partial charge in [-0.2, -0.15) is 5.10 Å². The zero-order valence-electron chi connectivity index (χ0n) is 14.2. The summed E-state index contributed by atoms with van der Waals surface area (Å²) in [6, 6.07) is 5.71. The summed E-state index contributed by atoms with van der Waals surface area (Å²) in [5.41, 5.74) is 4.45. The Morgan fingerprint density at radius 1 is 1.25 bits per heavy atom. The van der Waals surface area contributed by atoms with Gasteiger partial charge in [0.15, 0.2) is 5.76 Å². The number of aryl methyl sites for hydroxylation is 4. The number of nitrogens with zero attached hydrogens (tertiary/aromatic N) is 2. The van der Waals surface area contributed by atoms with Crippen LogP contribution in [-0.2, 0) is 6.54 Å². The molecule has 0 bridgehead atoms. The topological polar surface area (TPSA) is 60.1 Å². The molecule has 0 spiro atoms. The summed E-state index contributed by atoms with van der Waals surface area (Å²) in [7, 11) is 0. The SMILES string of the molecule is Cc1cc(C)n(CCNC(=O)c2oc3cc(C)c(Cl)cc3c2C)n1. The number of fused-ring (bicyclic) bond motifs is 1. The van der Waals surface area contributed by atoms with Crippen molar-refractivity contribution in [3.63, 3.8) is 0 Å². The Bertz CT molecular complexity index is 924. The van der Waals surface area contributed by atoms with E-state index in [1.54, 1.807) is 0 Å². The normalized spacial score (nSPS) is 11.2. The second kappa shape index (κ2) is 6.32. The molecular formula is C18H20ClN3O2. The third kappa shape index (κ3) is 3.04. The highest BCUT2D eigenvalue weighted by atomic mass is 35.5. The van der Waals surface area contributed by atoms with Gasteiger partial charge in [-0.25, -0.2) is 0 Å². The van der Waals surface area contributed by atoms with Gasteiger partial charge in [-0.05, 0) is 51.5 Å². The number of carbonyl (C=O) groups excluding carboxylic acids is 1. The summed E-state index contributed by atoms with van der Waals surface area (Å²) in [6.45, 7) is 8.83. The molecule has 24 heavy (non-hydrogen) atoms. The lowest BCUT2D eigenvalue weighted by molar-refractivity contribution is 0.0925. The fourth-order valence-electron chi connectivity index (χ4n) is 2.81. The standard InChI is InChI=1S/C18H20ClN3O2/c1-10-7-16-14(9-15(10)19)13(4)17(24-16)18(23)20-5-6-22-12(3)8-11(2)21-22/h7-9H,5-6H2,1-4H3,(H,20,23). The van der Waals surface area contributed by atoms with Crippen LogP contribution in [0.3, 0.4) is 0 Å². The van der Waals surface area contributed by atoms with E-state index in [-0.39, 0.29) is 5.91 Å². The summed E-state index contributed by atoms with van der Waals surface area (Å²) >= 11 is 6.16. The fourth-order valence-corrected chi connectivity index (χ4v) is 2.98. The smallest absolute Gasteiger partial charge is 0.287 e. The van der Waals surface area contributed by atoms with Gasteiger partial charge in [0.05, 0.1) is 12.2 Å². The second-order valence-electron chi connectivity index (χ2n) is 6.06. The van der Waals surface area contributed by atoms with E-state index >= 15 is 0 Å². The number of nitrogens with one attached hydrogen (secondary N) is 1. The van der Waals surface area contributed by atoms with Gasteiger partial charge in [0.2, 0.25) is 0 Å². The lowest BCUT2D eigenvalue weighted by Crippen LogP contribution is -2.27. The zero-order valence-corrected chi connectivity index (χ0v) is 15.0. The number of amides is 1. The van der Waals surface area contributed by atoms with E-state index in [1.807, 2.05) is 50.6 Å². The lowest BCUT2D eigenvalue weighted by atomic mass is 10.1. The van der Waals surface area contributed by atoms with Crippen molar-refractivity contribution >= 4 is 28.5 Å². The van der Waals surface area contributed by atoms with Gasteiger partial charge in [-0.3, -0.25) is 9.48 Å². The quantitative estimate of drug-likeness (QED) is 0.779. The molecular weight excluding hydrogens is 326 g/mol. The van der Waals surface area contributed by atoms with Crippen LogP contribution < -0.4 is 5.32 Å². The van der Waals surface area contributed by atoms with Crippen LogP contribution in [0.1, 0.15) is 33.1 Å². The van der Waals surface area contributed by atoms with Crippen LogP contribution in [0.25, 0.3) is 11.0 Å². The molecule has 0 aliphatic rings. The summed E-state index contributed by atoms with van der Waals surface area (Å²) < 4.78 is 7.61. The predicted octanol–water partition coefficient (Wildman–Crippen LogP) is 3.95. The molecule has 0 aliphatic carbocycles. The summed E-state index contributed by atoms with van der Waals surface area (Å²) in [4.78, 5) is 12.4. The molecule has 126 valence electrons. The second-order valence-corrected chi connectivity index (χ2v) is 6.47. The van der Waals surface area contributed by atoms with Crippen LogP contribution in [0.15, 0.2) is 22.6 Å². The Kier molecular flexibility index (Phi) is 4.37. The highest BCUT2D eigenvalue weighted by Crippen LogP contribution is 2.30. The third-order valence-electron chi connectivity index (χ3n) is 4.14. The molecule has 5 nitrogen and oxygen atoms in total. The number of halogens is 1. The molecule has 0 aliphatic heterocycles. The van der Waals surface area contributed by atoms with Gasteiger partial charge in [0.25, 0.3) is 5.91 Å². The molecule has 0 radical (unpaired) electrons. The number of furan rings is 1. The molecule has 1 aromatic carbocycles. The van der Waals surface area contributed by atoms with E-state index in [4.69, 9.17) is 16.0 Å². The van der Waals surface area contributed by atoms with E-state index in [0.29, 0.717) is 29.5 Å². The maximum Gasteiger partial charge on any atom is 0.287 e. The molecule has 0 saturated heterocycles. The first-order valence-corrected chi connectivity index (χ1v) is 8.23. The highest BCUT2D eigenvalue weighted by molar-refractivity contribution is 6.32. The first-order chi connectivity index (χ1) is 11.4. The van der Waals surface area contributed by atoms with Gasteiger partial charge in [0.1, 0.15) is 5.58 Å². The molecule has 2 heterocycles. The van der Waals surface area contributed by atoms with Gasteiger partial charge in [-0.1, -0.05) is 11.6 Å². The van der Waals surface area contributed by atoms with Gasteiger partial charge in [0, 0.05) is 28.2 Å². The third-order valence-corrected chi connectivity index (χ3v) is 4.54. The number of carbonyl (C=O) groups is 1. The van der Waals surface area contributed by atoms with Crippen LogP contribution in [0.5, 0.6) is 0 Å². The zero-order chi connectivity index (χ0) is 17.4. The Labute approximate surface area is 145 Å². The van der Waals surface area contributed by atoms with Crippen molar-refractivity contribution in [3.05, 3.63) is 51.5 Å². The molecule has 0 fully saturated rings. The van der Waals surface area contributed by atoms with Crippen molar-refractivity contribution in [1.82, 2.24) is 15.1 Å². The molecule has 3 rings (SSSR count). The minimum absolute atomic E-state index is 0.223. The van der Waals surface area contributed by atoms with Crippen molar-refractivity contribution < 1.29 is 9.21 Å². The van der Waals surface area contributed by atoms with Gasteiger partial charge < -0.3 is 9.73 Å². The maximum absolute atomic E-state index is 12.4. The predicted molar refractivity (Wildman–Crippen MR) is 94.7 cm³/mol. The average Bonchev–Trinajstić information content (AvgIpc) is 3.00. The molecule has 1 N–H and O–H groups in total. The van der Waals surface area contributed by atoms with Crippen LogP contribution in [0, 0.1) is 27.7 Å². The average molecular weight is 346 g/mol. The minimum Gasteiger partial charge on any atom is -0.451 e. The Morgan fingerprint density at radius 2 is 2.00 bits per heavy atom. The molecule has 2 aromatic heterocycles.